The number of halogens is 1. The molecule has 0 saturated heterocycles. The number of alkyl halides is 1. The van der Waals surface area contributed by atoms with Gasteiger partial charge < -0.3 is 10.0 Å². The summed E-state index contributed by atoms with van der Waals surface area (Å²) in [5, 5.41) is 9.73. The highest BCUT2D eigenvalue weighted by Gasteiger charge is 2.29. The summed E-state index contributed by atoms with van der Waals surface area (Å²) in [6.45, 7) is 2.54. The van der Waals surface area contributed by atoms with E-state index in [4.69, 9.17) is 11.6 Å². The van der Waals surface area contributed by atoms with Crippen molar-refractivity contribution >= 4 is 17.5 Å². The number of aromatic hydroxyl groups is 1. The van der Waals surface area contributed by atoms with Crippen LogP contribution in [0.15, 0.2) is 18.2 Å². The Labute approximate surface area is 112 Å². The molecule has 18 heavy (non-hydrogen) atoms. The monoisotopic (exact) mass is 267 g/mol. The van der Waals surface area contributed by atoms with Gasteiger partial charge in [-0.25, -0.2) is 0 Å². The largest absolute Gasteiger partial charge is 0.508 e. The Balaban J connectivity index is 1.99. The number of benzene rings is 1. The lowest BCUT2D eigenvalue weighted by atomic mass is 9.84. The second-order valence-corrected chi connectivity index (χ2v) is 5.74. The van der Waals surface area contributed by atoms with E-state index in [0.29, 0.717) is 11.5 Å². The maximum Gasteiger partial charge on any atom is 0.253 e. The average molecular weight is 268 g/mol. The number of rotatable bonds is 3. The first kappa shape index (κ1) is 13.2. The zero-order valence-electron chi connectivity index (χ0n) is 10.7. The third-order valence-electron chi connectivity index (χ3n) is 3.50. The van der Waals surface area contributed by atoms with E-state index in [1.807, 2.05) is 7.05 Å². The van der Waals surface area contributed by atoms with E-state index < -0.39 is 0 Å². The molecule has 1 N–H and O–H groups in total. The molecule has 1 aromatic rings. The van der Waals surface area contributed by atoms with Gasteiger partial charge in [0.1, 0.15) is 5.75 Å². The zero-order chi connectivity index (χ0) is 13.3. The van der Waals surface area contributed by atoms with Gasteiger partial charge in [-0.2, -0.15) is 0 Å². The lowest BCUT2D eigenvalue weighted by Gasteiger charge is -2.34. The second kappa shape index (κ2) is 5.19. The molecule has 0 heterocycles. The molecule has 1 aromatic carbocycles. The van der Waals surface area contributed by atoms with Crippen LogP contribution in [-0.2, 0) is 0 Å². The van der Waals surface area contributed by atoms with Gasteiger partial charge in [0.2, 0.25) is 0 Å². The molecule has 0 unspecified atom stereocenters. The van der Waals surface area contributed by atoms with E-state index in [1.165, 1.54) is 0 Å². The van der Waals surface area contributed by atoms with Crippen molar-refractivity contribution in [2.75, 3.05) is 13.6 Å². The predicted molar refractivity (Wildman–Crippen MR) is 72.2 cm³/mol. The van der Waals surface area contributed by atoms with Crippen LogP contribution in [0.5, 0.6) is 5.75 Å². The van der Waals surface area contributed by atoms with E-state index in [0.717, 1.165) is 24.9 Å². The van der Waals surface area contributed by atoms with E-state index in [9.17, 15) is 9.90 Å². The first-order valence-electron chi connectivity index (χ1n) is 6.16. The number of nitrogens with zero attached hydrogens (tertiary/aromatic N) is 1. The van der Waals surface area contributed by atoms with Crippen LogP contribution in [0.3, 0.4) is 0 Å². The zero-order valence-corrected chi connectivity index (χ0v) is 11.4. The summed E-state index contributed by atoms with van der Waals surface area (Å²) in [5.41, 5.74) is 1.34. The highest BCUT2D eigenvalue weighted by molar-refractivity contribution is 6.21. The molecule has 0 aromatic heterocycles. The molecule has 0 atom stereocenters. The summed E-state index contributed by atoms with van der Waals surface area (Å²) in [6.07, 6.45) is 1.99. The second-order valence-electron chi connectivity index (χ2n) is 5.12. The molecule has 2 rings (SSSR count). The van der Waals surface area contributed by atoms with Crippen LogP contribution in [0.1, 0.15) is 28.8 Å². The number of phenols is 1. The number of phenolic OH excluding ortho intramolecular Hbond substituents is 1. The molecular formula is C14H18ClNO2. The van der Waals surface area contributed by atoms with Gasteiger partial charge in [-0.1, -0.05) is 0 Å². The molecule has 3 nitrogen and oxygen atoms in total. The van der Waals surface area contributed by atoms with Crippen LogP contribution in [0, 0.1) is 12.8 Å². The molecule has 0 spiro atoms. The SMILES string of the molecule is Cc1cc(C(=O)N(C)CC2CC(Cl)C2)ccc1O. The van der Waals surface area contributed by atoms with E-state index in [2.05, 4.69) is 0 Å². The Morgan fingerprint density at radius 2 is 2.17 bits per heavy atom. The number of carbonyl (C=O) groups excluding carboxylic acids is 1. The summed E-state index contributed by atoms with van der Waals surface area (Å²) in [4.78, 5) is 13.9. The maximum atomic E-state index is 12.2. The minimum atomic E-state index is -0.00359. The topological polar surface area (TPSA) is 40.5 Å². The Hall–Kier alpha value is -1.22. The van der Waals surface area contributed by atoms with Crippen molar-refractivity contribution in [3.63, 3.8) is 0 Å². The fraction of sp³-hybridized carbons (Fsp3) is 0.500. The Morgan fingerprint density at radius 1 is 1.50 bits per heavy atom. The van der Waals surface area contributed by atoms with Crippen molar-refractivity contribution in [1.82, 2.24) is 4.90 Å². The highest BCUT2D eigenvalue weighted by atomic mass is 35.5. The first-order valence-corrected chi connectivity index (χ1v) is 6.60. The highest BCUT2D eigenvalue weighted by Crippen LogP contribution is 2.32. The molecule has 98 valence electrons. The van der Waals surface area contributed by atoms with Crippen molar-refractivity contribution in [3.05, 3.63) is 29.3 Å². The van der Waals surface area contributed by atoms with Crippen LogP contribution in [0.4, 0.5) is 0 Å². The molecule has 1 fully saturated rings. The number of aryl methyl sites for hydroxylation is 1. The van der Waals surface area contributed by atoms with E-state index in [-0.39, 0.29) is 17.0 Å². The standard InChI is InChI=1S/C14H18ClNO2/c1-9-5-11(3-4-13(9)17)14(18)16(2)8-10-6-12(15)7-10/h3-5,10,12,17H,6-8H2,1-2H3. The van der Waals surface area contributed by atoms with Gasteiger partial charge in [-0.3, -0.25) is 4.79 Å². The molecule has 1 saturated carbocycles. The number of carbonyl (C=O) groups is 1. The quantitative estimate of drug-likeness (QED) is 0.856. The predicted octanol–water partition coefficient (Wildman–Crippen LogP) is 2.79. The van der Waals surface area contributed by atoms with Crippen LogP contribution in [0.2, 0.25) is 0 Å². The van der Waals surface area contributed by atoms with Crippen molar-refractivity contribution < 1.29 is 9.90 Å². The normalized spacial score (nSPS) is 22.4. The summed E-state index contributed by atoms with van der Waals surface area (Å²) < 4.78 is 0. The number of amides is 1. The Bertz CT molecular complexity index is 455. The van der Waals surface area contributed by atoms with Gasteiger partial charge in [0.05, 0.1) is 0 Å². The maximum absolute atomic E-state index is 12.2. The van der Waals surface area contributed by atoms with Crippen molar-refractivity contribution in [2.45, 2.75) is 25.1 Å². The fourth-order valence-electron chi connectivity index (χ4n) is 2.28. The fourth-order valence-corrected chi connectivity index (χ4v) is 2.79. The summed E-state index contributed by atoms with van der Waals surface area (Å²) >= 11 is 5.93. The van der Waals surface area contributed by atoms with Crippen LogP contribution < -0.4 is 0 Å². The smallest absolute Gasteiger partial charge is 0.253 e. The molecule has 0 radical (unpaired) electrons. The number of hydrogen-bond acceptors (Lipinski definition) is 2. The van der Waals surface area contributed by atoms with Crippen molar-refractivity contribution in [3.8, 4) is 5.75 Å². The molecule has 1 amide bonds. The van der Waals surface area contributed by atoms with Gasteiger partial charge in [-0.15, -0.1) is 11.6 Å². The third-order valence-corrected chi connectivity index (χ3v) is 3.86. The first-order chi connectivity index (χ1) is 8.47. The number of hydrogen-bond donors (Lipinski definition) is 1. The van der Waals surface area contributed by atoms with Crippen LogP contribution in [-0.4, -0.2) is 34.9 Å². The van der Waals surface area contributed by atoms with Gasteiger partial charge in [-0.05, 0) is 49.4 Å². The molecule has 0 bridgehead atoms. The van der Waals surface area contributed by atoms with Gasteiger partial charge in [0.25, 0.3) is 5.91 Å². The Kier molecular flexibility index (Phi) is 3.81. The van der Waals surface area contributed by atoms with Gasteiger partial charge >= 0.3 is 0 Å². The summed E-state index contributed by atoms with van der Waals surface area (Å²) in [6, 6.07) is 4.94. The van der Waals surface area contributed by atoms with E-state index in [1.54, 1.807) is 30.0 Å². The van der Waals surface area contributed by atoms with Crippen molar-refractivity contribution in [2.24, 2.45) is 5.92 Å². The van der Waals surface area contributed by atoms with Gasteiger partial charge in [0, 0.05) is 24.5 Å². The molecule has 1 aliphatic rings. The molecule has 1 aliphatic carbocycles. The Morgan fingerprint density at radius 3 is 2.72 bits per heavy atom. The molecule has 0 aliphatic heterocycles. The molecular weight excluding hydrogens is 250 g/mol. The van der Waals surface area contributed by atoms with Crippen LogP contribution >= 0.6 is 11.6 Å². The lowest BCUT2D eigenvalue weighted by molar-refractivity contribution is 0.0747. The third kappa shape index (κ3) is 2.78. The van der Waals surface area contributed by atoms with Crippen LogP contribution in [0.25, 0.3) is 0 Å². The summed E-state index contributed by atoms with van der Waals surface area (Å²) in [7, 11) is 1.81. The molecule has 4 heteroatoms. The summed E-state index contributed by atoms with van der Waals surface area (Å²) in [5.74, 6) is 0.744. The van der Waals surface area contributed by atoms with E-state index >= 15 is 0 Å². The van der Waals surface area contributed by atoms with Crippen molar-refractivity contribution in [1.29, 1.82) is 0 Å². The minimum Gasteiger partial charge on any atom is -0.508 e. The average Bonchev–Trinajstić information content (AvgIpc) is 2.29. The lowest BCUT2D eigenvalue weighted by Crippen LogP contribution is -2.37. The van der Waals surface area contributed by atoms with Gasteiger partial charge in [0.15, 0.2) is 0 Å². The minimum absolute atomic E-state index is 0.00359.